The van der Waals surface area contributed by atoms with E-state index >= 15 is 0 Å². The van der Waals surface area contributed by atoms with Crippen LogP contribution in [0.25, 0.3) is 21.8 Å². The molecule has 2 aromatic carbocycles. The van der Waals surface area contributed by atoms with Crippen molar-refractivity contribution in [1.82, 2.24) is 24.6 Å². The predicted octanol–water partition coefficient (Wildman–Crippen LogP) is 4.18. The first-order valence-corrected chi connectivity index (χ1v) is 12.2. The maximum atomic E-state index is 13.9. The number of nitrogens with zero attached hydrogens (tertiary/aromatic N) is 4. The molecule has 7 nitrogen and oxygen atoms in total. The molecule has 1 unspecified atom stereocenters. The maximum absolute atomic E-state index is 13.9. The predicted molar refractivity (Wildman–Crippen MR) is 133 cm³/mol. The van der Waals surface area contributed by atoms with Gasteiger partial charge in [0.15, 0.2) is 0 Å². The smallest absolute Gasteiger partial charge is 0.259 e. The second kappa shape index (κ2) is 8.30. The summed E-state index contributed by atoms with van der Waals surface area (Å²) in [6.45, 7) is 3.69. The van der Waals surface area contributed by atoms with Gasteiger partial charge in [0.05, 0.1) is 34.7 Å². The van der Waals surface area contributed by atoms with Gasteiger partial charge < -0.3 is 9.88 Å². The van der Waals surface area contributed by atoms with Crippen molar-refractivity contribution >= 4 is 27.7 Å². The maximum Gasteiger partial charge on any atom is 0.259 e. The Morgan fingerprint density at radius 1 is 1.14 bits per heavy atom. The molecule has 1 N–H and O–H groups in total. The number of aromatic amines is 1. The van der Waals surface area contributed by atoms with Crippen LogP contribution in [0.3, 0.4) is 0 Å². The van der Waals surface area contributed by atoms with Crippen molar-refractivity contribution in [2.75, 3.05) is 26.7 Å². The number of hydrogen-bond donors (Lipinski definition) is 1. The molecule has 1 atom stereocenters. The topological polar surface area (TPSA) is 74.2 Å². The Balaban J connectivity index is 1.38. The van der Waals surface area contributed by atoms with Crippen molar-refractivity contribution in [2.45, 2.75) is 38.3 Å². The number of hydrogen-bond acceptors (Lipinski definition) is 4. The summed E-state index contributed by atoms with van der Waals surface area (Å²) in [5.74, 6) is -0.353. The lowest BCUT2D eigenvalue weighted by Crippen LogP contribution is -2.49. The summed E-state index contributed by atoms with van der Waals surface area (Å²) in [5, 5.41) is 6.02. The van der Waals surface area contributed by atoms with E-state index in [9.17, 15) is 14.0 Å². The van der Waals surface area contributed by atoms with Gasteiger partial charge >= 0.3 is 0 Å². The molecule has 0 radical (unpaired) electrons. The van der Waals surface area contributed by atoms with Gasteiger partial charge in [-0.05, 0) is 68.6 Å². The van der Waals surface area contributed by atoms with Crippen LogP contribution >= 0.6 is 0 Å². The van der Waals surface area contributed by atoms with Crippen molar-refractivity contribution in [3.8, 4) is 0 Å². The molecule has 2 aliphatic rings. The van der Waals surface area contributed by atoms with Crippen molar-refractivity contribution in [2.24, 2.45) is 0 Å². The van der Waals surface area contributed by atoms with Gasteiger partial charge in [-0.15, -0.1) is 0 Å². The summed E-state index contributed by atoms with van der Waals surface area (Å²) in [6.07, 6.45) is 4.95. The third-order valence-electron chi connectivity index (χ3n) is 7.73. The Bertz CT molecular complexity index is 1520. The number of nitrogens with one attached hydrogen (secondary N) is 1. The summed E-state index contributed by atoms with van der Waals surface area (Å²) in [5.41, 5.74) is 3.60. The number of H-pyrrole nitrogens is 1. The molecule has 1 saturated carbocycles. The molecule has 180 valence electrons. The molecule has 3 heterocycles. The number of piperazine rings is 1. The standard InChI is InChI=1S/C27H28FN5O2/c1-16-11-21-23(30-26(34)22-14-29-33(25(21)22)19-7-4-8-19)13-20(16)27(35)32-10-9-31(2)24(15-32)17-5-3-6-18(28)12-17/h3,5-6,11-14,19,24H,4,7-10,15H2,1-2H3,(H,30,34). The van der Waals surface area contributed by atoms with Gasteiger partial charge in [-0.25, -0.2) is 4.39 Å². The number of halogens is 1. The Kier molecular flexibility index (Phi) is 5.21. The zero-order valence-corrected chi connectivity index (χ0v) is 19.9. The van der Waals surface area contributed by atoms with Crippen LogP contribution in [0, 0.1) is 12.7 Å². The monoisotopic (exact) mass is 473 g/mol. The molecule has 0 bridgehead atoms. The number of pyridine rings is 1. The van der Waals surface area contributed by atoms with Gasteiger partial charge in [0.25, 0.3) is 11.5 Å². The Morgan fingerprint density at radius 3 is 2.71 bits per heavy atom. The molecule has 2 aromatic heterocycles. The molecular formula is C27H28FN5O2. The first-order valence-electron chi connectivity index (χ1n) is 12.2. The van der Waals surface area contributed by atoms with Crippen molar-refractivity contribution in [3.63, 3.8) is 0 Å². The molecular weight excluding hydrogens is 445 g/mol. The number of benzene rings is 2. The summed E-state index contributed by atoms with van der Waals surface area (Å²) in [4.78, 5) is 33.4. The fourth-order valence-corrected chi connectivity index (χ4v) is 5.43. The van der Waals surface area contributed by atoms with Crippen LogP contribution in [0.4, 0.5) is 4.39 Å². The third-order valence-corrected chi connectivity index (χ3v) is 7.73. The number of aromatic nitrogens is 3. The average molecular weight is 474 g/mol. The minimum Gasteiger partial charge on any atom is -0.335 e. The number of amides is 1. The van der Waals surface area contributed by atoms with Crippen molar-refractivity contribution < 1.29 is 9.18 Å². The van der Waals surface area contributed by atoms with E-state index in [0.29, 0.717) is 42.1 Å². The normalized spacial score (nSPS) is 19.4. The highest BCUT2D eigenvalue weighted by molar-refractivity contribution is 6.07. The largest absolute Gasteiger partial charge is 0.335 e. The Morgan fingerprint density at radius 2 is 1.97 bits per heavy atom. The summed E-state index contributed by atoms with van der Waals surface area (Å²) in [6, 6.07) is 10.6. The Labute approximate surface area is 202 Å². The number of likely N-dealkylation sites (N-methyl/N-ethyl adjacent to an activating group) is 1. The van der Waals surface area contributed by atoms with Gasteiger partial charge in [-0.2, -0.15) is 5.10 Å². The second-order valence-electron chi connectivity index (χ2n) is 9.91. The zero-order chi connectivity index (χ0) is 24.3. The number of carbonyl (C=O) groups excluding carboxylic acids is 1. The highest BCUT2D eigenvalue weighted by atomic mass is 19.1. The lowest BCUT2D eigenvalue weighted by Gasteiger charge is -2.40. The summed E-state index contributed by atoms with van der Waals surface area (Å²) >= 11 is 0. The van der Waals surface area contributed by atoms with E-state index < -0.39 is 0 Å². The van der Waals surface area contributed by atoms with Gasteiger partial charge in [0, 0.05) is 30.6 Å². The summed E-state index contributed by atoms with van der Waals surface area (Å²) in [7, 11) is 2.00. The van der Waals surface area contributed by atoms with Crippen LogP contribution in [0.2, 0.25) is 0 Å². The van der Waals surface area contributed by atoms with E-state index in [0.717, 1.165) is 34.9 Å². The van der Waals surface area contributed by atoms with E-state index in [1.54, 1.807) is 12.3 Å². The second-order valence-corrected chi connectivity index (χ2v) is 9.91. The van der Waals surface area contributed by atoms with E-state index in [1.165, 1.54) is 18.6 Å². The van der Waals surface area contributed by atoms with Crippen LogP contribution < -0.4 is 5.56 Å². The van der Waals surface area contributed by atoms with Crippen LogP contribution in [-0.2, 0) is 0 Å². The quantitative estimate of drug-likeness (QED) is 0.485. The third kappa shape index (κ3) is 3.63. The zero-order valence-electron chi connectivity index (χ0n) is 19.9. The molecule has 6 rings (SSSR count). The molecule has 35 heavy (non-hydrogen) atoms. The molecule has 1 aliphatic carbocycles. The highest BCUT2D eigenvalue weighted by Crippen LogP contribution is 2.35. The molecule has 1 amide bonds. The first-order chi connectivity index (χ1) is 16.9. The fourth-order valence-electron chi connectivity index (χ4n) is 5.43. The SMILES string of the molecule is Cc1cc2c(cc1C(=O)N1CCN(C)C(c3cccc(F)c3)C1)[nH]c(=O)c1cnn(C3CCC3)c12. The van der Waals surface area contributed by atoms with Crippen LogP contribution in [0.15, 0.2) is 47.4 Å². The van der Waals surface area contributed by atoms with Gasteiger partial charge in [0.1, 0.15) is 5.82 Å². The minimum atomic E-state index is -0.277. The Hall–Kier alpha value is -3.52. The number of fused-ring (bicyclic) bond motifs is 3. The summed E-state index contributed by atoms with van der Waals surface area (Å²) < 4.78 is 15.8. The molecule has 8 heteroatoms. The van der Waals surface area contributed by atoms with E-state index in [2.05, 4.69) is 15.0 Å². The van der Waals surface area contributed by atoms with E-state index in [-0.39, 0.29) is 23.3 Å². The number of aryl methyl sites for hydroxylation is 1. The van der Waals surface area contributed by atoms with Crippen LogP contribution in [0.5, 0.6) is 0 Å². The molecule has 2 fully saturated rings. The lowest BCUT2D eigenvalue weighted by atomic mass is 9.93. The average Bonchev–Trinajstić information content (AvgIpc) is 3.23. The highest BCUT2D eigenvalue weighted by Gasteiger charge is 2.30. The van der Waals surface area contributed by atoms with E-state index in [1.807, 2.05) is 41.8 Å². The van der Waals surface area contributed by atoms with Crippen molar-refractivity contribution in [3.05, 3.63) is 75.5 Å². The number of carbonyl (C=O) groups is 1. The first kappa shape index (κ1) is 22.0. The van der Waals surface area contributed by atoms with Crippen molar-refractivity contribution in [1.29, 1.82) is 0 Å². The fraction of sp³-hybridized carbons (Fsp3) is 0.370. The van der Waals surface area contributed by atoms with Crippen LogP contribution in [-0.4, -0.2) is 57.2 Å². The lowest BCUT2D eigenvalue weighted by molar-refractivity contribution is 0.0545. The van der Waals surface area contributed by atoms with Gasteiger partial charge in [0.2, 0.25) is 0 Å². The molecule has 0 spiro atoms. The molecule has 1 aliphatic heterocycles. The molecule has 1 saturated heterocycles. The van der Waals surface area contributed by atoms with Crippen LogP contribution in [0.1, 0.15) is 52.8 Å². The van der Waals surface area contributed by atoms with Gasteiger partial charge in [-0.1, -0.05) is 12.1 Å². The van der Waals surface area contributed by atoms with E-state index in [4.69, 9.17) is 0 Å². The number of rotatable bonds is 3. The van der Waals surface area contributed by atoms with Gasteiger partial charge in [-0.3, -0.25) is 19.2 Å². The minimum absolute atomic E-state index is 0.0765. The molecule has 4 aromatic rings.